The number of nitro groups is 1. The van der Waals surface area contributed by atoms with E-state index in [0.29, 0.717) is 11.7 Å². The van der Waals surface area contributed by atoms with Crippen LogP contribution < -0.4 is 5.32 Å². The molecule has 1 fully saturated rings. The summed E-state index contributed by atoms with van der Waals surface area (Å²) in [6.07, 6.45) is 8.57. The fourth-order valence-corrected chi connectivity index (χ4v) is 2.80. The van der Waals surface area contributed by atoms with Gasteiger partial charge in [0.15, 0.2) is 0 Å². The summed E-state index contributed by atoms with van der Waals surface area (Å²) in [6.45, 7) is 1.93. The summed E-state index contributed by atoms with van der Waals surface area (Å²) in [5, 5.41) is 14.5. The van der Waals surface area contributed by atoms with Crippen molar-refractivity contribution in [2.24, 2.45) is 0 Å². The Kier molecular flexibility index (Phi) is 4.77. The SMILES string of the molecule is Cc1cccc([N+](=O)[O-])c1NC1CCCCCCC1. The van der Waals surface area contributed by atoms with Crippen LogP contribution in [-0.2, 0) is 0 Å². The van der Waals surface area contributed by atoms with Crippen LogP contribution >= 0.6 is 0 Å². The lowest BCUT2D eigenvalue weighted by Gasteiger charge is -2.22. The van der Waals surface area contributed by atoms with Crippen LogP contribution in [-0.4, -0.2) is 11.0 Å². The first kappa shape index (κ1) is 13.8. The molecule has 0 aliphatic heterocycles. The van der Waals surface area contributed by atoms with E-state index in [-0.39, 0.29) is 10.6 Å². The highest BCUT2D eigenvalue weighted by molar-refractivity contribution is 5.66. The number of nitrogens with one attached hydrogen (secondary N) is 1. The third kappa shape index (κ3) is 3.69. The number of aryl methyl sites for hydroxylation is 1. The summed E-state index contributed by atoms with van der Waals surface area (Å²) >= 11 is 0. The van der Waals surface area contributed by atoms with E-state index in [1.807, 2.05) is 13.0 Å². The van der Waals surface area contributed by atoms with Gasteiger partial charge in [-0.15, -0.1) is 0 Å². The Morgan fingerprint density at radius 1 is 1.16 bits per heavy atom. The molecule has 19 heavy (non-hydrogen) atoms. The first-order valence-electron chi connectivity index (χ1n) is 7.19. The molecule has 4 heteroatoms. The number of nitro benzene ring substituents is 1. The molecule has 2 rings (SSSR count). The quantitative estimate of drug-likeness (QED) is 0.647. The van der Waals surface area contributed by atoms with E-state index in [2.05, 4.69) is 5.32 Å². The maximum absolute atomic E-state index is 11.1. The topological polar surface area (TPSA) is 55.2 Å². The van der Waals surface area contributed by atoms with Gasteiger partial charge in [0.1, 0.15) is 5.69 Å². The third-order valence-corrected chi connectivity index (χ3v) is 3.90. The average molecular weight is 262 g/mol. The Bertz CT molecular complexity index is 438. The van der Waals surface area contributed by atoms with E-state index < -0.39 is 0 Å². The van der Waals surface area contributed by atoms with Gasteiger partial charge in [0.2, 0.25) is 0 Å². The molecular formula is C15H22N2O2. The molecule has 0 bridgehead atoms. The molecule has 104 valence electrons. The number of para-hydroxylation sites is 1. The minimum atomic E-state index is -0.293. The standard InChI is InChI=1S/C15H22N2O2/c1-12-8-7-11-14(17(18)19)15(12)16-13-9-5-3-2-4-6-10-13/h7-8,11,13,16H,2-6,9-10H2,1H3. The molecular weight excluding hydrogens is 240 g/mol. The van der Waals surface area contributed by atoms with Crippen LogP contribution in [0, 0.1) is 17.0 Å². The minimum absolute atomic E-state index is 0.196. The fourth-order valence-electron chi connectivity index (χ4n) is 2.80. The highest BCUT2D eigenvalue weighted by atomic mass is 16.6. The second-order valence-corrected chi connectivity index (χ2v) is 5.41. The first-order valence-corrected chi connectivity index (χ1v) is 7.19. The minimum Gasteiger partial charge on any atom is -0.377 e. The van der Waals surface area contributed by atoms with Crippen molar-refractivity contribution in [1.82, 2.24) is 0 Å². The van der Waals surface area contributed by atoms with E-state index >= 15 is 0 Å². The zero-order chi connectivity index (χ0) is 13.7. The smallest absolute Gasteiger partial charge is 0.292 e. The van der Waals surface area contributed by atoms with Gasteiger partial charge in [0.05, 0.1) is 4.92 Å². The lowest BCUT2D eigenvalue weighted by molar-refractivity contribution is -0.384. The van der Waals surface area contributed by atoms with Crippen LogP contribution in [0.25, 0.3) is 0 Å². The highest BCUT2D eigenvalue weighted by Gasteiger charge is 2.19. The van der Waals surface area contributed by atoms with E-state index in [4.69, 9.17) is 0 Å². The number of anilines is 1. The number of hydrogen-bond acceptors (Lipinski definition) is 3. The second-order valence-electron chi connectivity index (χ2n) is 5.41. The van der Waals surface area contributed by atoms with Crippen molar-refractivity contribution < 1.29 is 4.92 Å². The Balaban J connectivity index is 2.14. The van der Waals surface area contributed by atoms with Crippen molar-refractivity contribution in [3.05, 3.63) is 33.9 Å². The van der Waals surface area contributed by atoms with Crippen molar-refractivity contribution in [3.63, 3.8) is 0 Å². The van der Waals surface area contributed by atoms with Crippen LogP contribution in [0.4, 0.5) is 11.4 Å². The van der Waals surface area contributed by atoms with Crippen LogP contribution in [0.2, 0.25) is 0 Å². The van der Waals surface area contributed by atoms with Gasteiger partial charge >= 0.3 is 0 Å². The summed E-state index contributed by atoms with van der Waals surface area (Å²) in [4.78, 5) is 10.8. The van der Waals surface area contributed by atoms with E-state index in [9.17, 15) is 10.1 Å². The molecule has 0 atom stereocenters. The molecule has 0 heterocycles. The molecule has 0 saturated heterocycles. The van der Waals surface area contributed by atoms with Gasteiger partial charge in [0, 0.05) is 12.1 Å². The monoisotopic (exact) mass is 262 g/mol. The lowest BCUT2D eigenvalue weighted by Crippen LogP contribution is -2.21. The molecule has 1 aliphatic carbocycles. The van der Waals surface area contributed by atoms with Crippen LogP contribution in [0.3, 0.4) is 0 Å². The molecule has 1 aliphatic rings. The Labute approximate surface area is 114 Å². The van der Waals surface area contributed by atoms with Crippen molar-refractivity contribution >= 4 is 11.4 Å². The predicted molar refractivity (Wildman–Crippen MR) is 77.6 cm³/mol. The molecule has 1 aromatic carbocycles. The Morgan fingerprint density at radius 2 is 1.79 bits per heavy atom. The van der Waals surface area contributed by atoms with E-state index in [1.165, 1.54) is 32.1 Å². The summed E-state index contributed by atoms with van der Waals surface area (Å²) in [5.74, 6) is 0. The van der Waals surface area contributed by atoms with Crippen molar-refractivity contribution in [1.29, 1.82) is 0 Å². The summed E-state index contributed by atoms with van der Waals surface area (Å²) in [7, 11) is 0. The molecule has 0 amide bonds. The maximum Gasteiger partial charge on any atom is 0.292 e. The van der Waals surface area contributed by atoms with Crippen LogP contribution in [0.15, 0.2) is 18.2 Å². The largest absolute Gasteiger partial charge is 0.377 e. The van der Waals surface area contributed by atoms with Gasteiger partial charge < -0.3 is 5.32 Å². The van der Waals surface area contributed by atoms with Gasteiger partial charge in [-0.1, -0.05) is 44.2 Å². The predicted octanol–water partition coefficient (Wildman–Crippen LogP) is 4.43. The van der Waals surface area contributed by atoms with Crippen molar-refractivity contribution in [3.8, 4) is 0 Å². The zero-order valence-corrected chi connectivity index (χ0v) is 11.5. The highest BCUT2D eigenvalue weighted by Crippen LogP contribution is 2.30. The van der Waals surface area contributed by atoms with E-state index in [0.717, 1.165) is 18.4 Å². The van der Waals surface area contributed by atoms with Gasteiger partial charge in [-0.2, -0.15) is 0 Å². The van der Waals surface area contributed by atoms with Crippen molar-refractivity contribution in [2.75, 3.05) is 5.32 Å². The lowest BCUT2D eigenvalue weighted by atomic mass is 9.96. The molecule has 1 aromatic rings. The number of benzene rings is 1. The number of nitrogens with zero attached hydrogens (tertiary/aromatic N) is 1. The number of rotatable bonds is 3. The molecule has 0 radical (unpaired) electrons. The fraction of sp³-hybridized carbons (Fsp3) is 0.600. The average Bonchev–Trinajstić information content (AvgIpc) is 2.34. The summed E-state index contributed by atoms with van der Waals surface area (Å²) in [5.41, 5.74) is 1.86. The Hall–Kier alpha value is -1.58. The summed E-state index contributed by atoms with van der Waals surface area (Å²) < 4.78 is 0. The molecule has 1 N–H and O–H groups in total. The second kappa shape index (κ2) is 6.55. The Morgan fingerprint density at radius 3 is 2.42 bits per heavy atom. The van der Waals surface area contributed by atoms with Gasteiger partial charge in [-0.05, 0) is 25.3 Å². The first-order chi connectivity index (χ1) is 9.18. The molecule has 0 unspecified atom stereocenters. The summed E-state index contributed by atoms with van der Waals surface area (Å²) in [6, 6.07) is 5.63. The number of hydrogen-bond donors (Lipinski definition) is 1. The maximum atomic E-state index is 11.1. The third-order valence-electron chi connectivity index (χ3n) is 3.90. The zero-order valence-electron chi connectivity index (χ0n) is 11.5. The molecule has 4 nitrogen and oxygen atoms in total. The van der Waals surface area contributed by atoms with Crippen LogP contribution in [0.1, 0.15) is 50.5 Å². The molecule has 1 saturated carbocycles. The normalized spacial score (nSPS) is 17.5. The van der Waals surface area contributed by atoms with Crippen LogP contribution in [0.5, 0.6) is 0 Å². The van der Waals surface area contributed by atoms with Gasteiger partial charge in [-0.25, -0.2) is 0 Å². The van der Waals surface area contributed by atoms with E-state index in [1.54, 1.807) is 12.1 Å². The van der Waals surface area contributed by atoms with Gasteiger partial charge in [-0.3, -0.25) is 10.1 Å². The van der Waals surface area contributed by atoms with Gasteiger partial charge in [0.25, 0.3) is 5.69 Å². The molecule has 0 aromatic heterocycles. The molecule has 0 spiro atoms. The van der Waals surface area contributed by atoms with Crippen molar-refractivity contribution in [2.45, 2.75) is 57.9 Å².